The Balaban J connectivity index is 2.38. The van der Waals surface area contributed by atoms with E-state index in [1.54, 1.807) is 0 Å². The van der Waals surface area contributed by atoms with Gasteiger partial charge >= 0.3 is 0 Å². The van der Waals surface area contributed by atoms with Gasteiger partial charge in [0.25, 0.3) is 0 Å². The Bertz CT molecular complexity index is 772. The zero-order chi connectivity index (χ0) is 16.8. The maximum absolute atomic E-state index is 9.92. The second-order valence-corrected chi connectivity index (χ2v) is 6.64. The van der Waals surface area contributed by atoms with Crippen molar-refractivity contribution < 1.29 is 0 Å². The summed E-state index contributed by atoms with van der Waals surface area (Å²) in [6.07, 6.45) is 3.87. The Hall–Kier alpha value is -2.54. The van der Waals surface area contributed by atoms with Crippen molar-refractivity contribution in [1.82, 2.24) is 10.2 Å². The number of nitrogens with one attached hydrogen (secondary N) is 1. The van der Waals surface area contributed by atoms with E-state index in [4.69, 9.17) is 0 Å². The first-order chi connectivity index (χ1) is 10.9. The van der Waals surface area contributed by atoms with Gasteiger partial charge in [-0.3, -0.25) is 0 Å². The van der Waals surface area contributed by atoms with Gasteiger partial charge in [0, 0.05) is 12.4 Å². The van der Waals surface area contributed by atoms with Crippen molar-refractivity contribution in [3.05, 3.63) is 58.6 Å². The second-order valence-electron chi connectivity index (χ2n) is 6.64. The number of allylic oxidation sites excluding steroid dienone is 1. The number of rotatable bonds is 2. The standard InChI is InChI=1S/C19H22N4/c1-12(2)19(16-9-13(3)8-14(4)10-16)17(11-20)15(5)22-18-21-6-7-23(18)19/h6-10,12H,1-5H3,(H,21,22). The number of benzene rings is 1. The zero-order valence-electron chi connectivity index (χ0n) is 14.3. The molecule has 0 saturated heterocycles. The highest BCUT2D eigenvalue weighted by atomic mass is 15.4. The van der Waals surface area contributed by atoms with Crippen LogP contribution in [-0.4, -0.2) is 10.9 Å². The van der Waals surface area contributed by atoms with Crippen LogP contribution in [0.1, 0.15) is 37.5 Å². The number of nitriles is 1. The van der Waals surface area contributed by atoms with Crippen molar-refractivity contribution >= 4 is 5.96 Å². The van der Waals surface area contributed by atoms with Crippen LogP contribution in [-0.2, 0) is 5.54 Å². The minimum Gasteiger partial charge on any atom is -0.331 e. The largest absolute Gasteiger partial charge is 0.331 e. The summed E-state index contributed by atoms with van der Waals surface area (Å²) in [4.78, 5) is 6.68. The average molecular weight is 306 g/mol. The van der Waals surface area contributed by atoms with Gasteiger partial charge in [0.1, 0.15) is 5.54 Å². The van der Waals surface area contributed by atoms with Gasteiger partial charge < -0.3 is 10.2 Å². The first kappa shape index (κ1) is 15.4. The van der Waals surface area contributed by atoms with Crippen LogP contribution >= 0.6 is 0 Å². The molecule has 0 fully saturated rings. The molecule has 4 nitrogen and oxygen atoms in total. The molecule has 0 spiro atoms. The summed E-state index contributed by atoms with van der Waals surface area (Å²) in [5.74, 6) is 0.984. The van der Waals surface area contributed by atoms with Crippen molar-refractivity contribution in [3.63, 3.8) is 0 Å². The normalized spacial score (nSPS) is 22.8. The number of guanidine groups is 1. The molecule has 118 valence electrons. The average Bonchev–Trinajstić information content (AvgIpc) is 2.92. The van der Waals surface area contributed by atoms with E-state index in [1.165, 1.54) is 11.1 Å². The summed E-state index contributed by atoms with van der Waals surface area (Å²) in [7, 11) is 0. The summed E-state index contributed by atoms with van der Waals surface area (Å²) in [5.41, 5.74) is 4.51. The number of hydrogen-bond donors (Lipinski definition) is 1. The van der Waals surface area contributed by atoms with Crippen LogP contribution in [0.15, 0.2) is 46.9 Å². The Morgan fingerprint density at radius 2 is 1.83 bits per heavy atom. The lowest BCUT2D eigenvalue weighted by atomic mass is 9.71. The zero-order valence-corrected chi connectivity index (χ0v) is 14.3. The maximum atomic E-state index is 9.92. The Morgan fingerprint density at radius 3 is 2.39 bits per heavy atom. The molecule has 2 aliphatic heterocycles. The van der Waals surface area contributed by atoms with Gasteiger partial charge in [0.05, 0.1) is 17.3 Å². The van der Waals surface area contributed by atoms with Gasteiger partial charge in [-0.2, -0.15) is 5.26 Å². The molecular weight excluding hydrogens is 284 g/mol. The van der Waals surface area contributed by atoms with E-state index in [1.807, 2.05) is 19.3 Å². The van der Waals surface area contributed by atoms with E-state index in [9.17, 15) is 5.26 Å². The minimum absolute atomic E-state index is 0.198. The number of aliphatic imine (C=N–C) groups is 1. The van der Waals surface area contributed by atoms with Gasteiger partial charge in [-0.1, -0.05) is 43.2 Å². The maximum Gasteiger partial charge on any atom is 0.208 e. The van der Waals surface area contributed by atoms with Crippen molar-refractivity contribution in [3.8, 4) is 6.07 Å². The predicted molar refractivity (Wildman–Crippen MR) is 92.3 cm³/mol. The third kappa shape index (κ3) is 2.08. The smallest absolute Gasteiger partial charge is 0.208 e. The molecule has 0 saturated carbocycles. The molecule has 0 aromatic heterocycles. The van der Waals surface area contributed by atoms with Gasteiger partial charge in [-0.05, 0) is 32.3 Å². The molecule has 0 radical (unpaired) electrons. The van der Waals surface area contributed by atoms with Crippen LogP contribution < -0.4 is 5.32 Å². The van der Waals surface area contributed by atoms with Crippen molar-refractivity contribution in [1.29, 1.82) is 5.26 Å². The fraction of sp³-hybridized carbons (Fsp3) is 0.368. The van der Waals surface area contributed by atoms with Crippen LogP contribution in [0.5, 0.6) is 0 Å². The Morgan fingerprint density at radius 1 is 1.17 bits per heavy atom. The molecule has 3 rings (SSSR count). The quantitative estimate of drug-likeness (QED) is 0.906. The molecule has 23 heavy (non-hydrogen) atoms. The fourth-order valence-electron chi connectivity index (χ4n) is 3.85. The third-order valence-corrected chi connectivity index (χ3v) is 4.67. The summed E-state index contributed by atoms with van der Waals surface area (Å²) < 4.78 is 0. The molecule has 0 bridgehead atoms. The lowest BCUT2D eigenvalue weighted by molar-refractivity contribution is 0.202. The summed E-state index contributed by atoms with van der Waals surface area (Å²) in [6.45, 7) is 10.4. The number of nitrogens with zero attached hydrogens (tertiary/aromatic N) is 3. The fourth-order valence-corrected chi connectivity index (χ4v) is 3.85. The molecule has 2 heterocycles. The second kappa shape index (κ2) is 5.27. The van der Waals surface area contributed by atoms with E-state index in [0.717, 1.165) is 22.8 Å². The highest BCUT2D eigenvalue weighted by Crippen LogP contribution is 2.47. The van der Waals surface area contributed by atoms with Crippen LogP contribution in [0, 0.1) is 31.1 Å². The topological polar surface area (TPSA) is 51.4 Å². The van der Waals surface area contributed by atoms with Crippen molar-refractivity contribution in [2.75, 3.05) is 0 Å². The lowest BCUT2D eigenvalue weighted by Crippen LogP contribution is -2.54. The van der Waals surface area contributed by atoms with Crippen LogP contribution in [0.2, 0.25) is 0 Å². The van der Waals surface area contributed by atoms with Crippen molar-refractivity contribution in [2.24, 2.45) is 10.9 Å². The van der Waals surface area contributed by atoms with E-state index < -0.39 is 5.54 Å². The van der Waals surface area contributed by atoms with Gasteiger partial charge in [-0.25, -0.2) is 4.99 Å². The minimum atomic E-state index is -0.535. The molecule has 4 heteroatoms. The summed E-state index contributed by atoms with van der Waals surface area (Å²) in [5, 5.41) is 13.1. The lowest BCUT2D eigenvalue weighted by Gasteiger charge is -2.47. The first-order valence-corrected chi connectivity index (χ1v) is 7.92. The monoisotopic (exact) mass is 306 g/mol. The van der Waals surface area contributed by atoms with Crippen LogP contribution in [0.3, 0.4) is 0 Å². The summed E-state index contributed by atoms with van der Waals surface area (Å²) in [6, 6.07) is 8.98. The highest BCUT2D eigenvalue weighted by Gasteiger charge is 2.50. The van der Waals surface area contributed by atoms with Gasteiger partial charge in [-0.15, -0.1) is 0 Å². The Labute approximate surface area is 137 Å². The van der Waals surface area contributed by atoms with Crippen LogP contribution in [0.4, 0.5) is 0 Å². The number of aryl methyl sites for hydroxylation is 2. The molecule has 1 N–H and O–H groups in total. The highest BCUT2D eigenvalue weighted by molar-refractivity contribution is 5.88. The molecular formula is C19H22N4. The first-order valence-electron chi connectivity index (χ1n) is 7.92. The molecule has 1 atom stereocenters. The van der Waals surface area contributed by atoms with Crippen molar-refractivity contribution in [2.45, 2.75) is 40.2 Å². The third-order valence-electron chi connectivity index (χ3n) is 4.67. The molecule has 2 aliphatic rings. The molecule has 0 aliphatic carbocycles. The number of fused-ring (bicyclic) bond motifs is 1. The van der Waals surface area contributed by atoms with Gasteiger partial charge in [0.2, 0.25) is 5.96 Å². The number of hydrogen-bond acceptors (Lipinski definition) is 4. The van der Waals surface area contributed by atoms with E-state index >= 15 is 0 Å². The summed E-state index contributed by atoms with van der Waals surface area (Å²) >= 11 is 0. The molecule has 0 amide bonds. The van der Waals surface area contributed by atoms with Gasteiger partial charge in [0.15, 0.2) is 0 Å². The predicted octanol–water partition coefficient (Wildman–Crippen LogP) is 3.70. The van der Waals surface area contributed by atoms with Crippen LogP contribution in [0.25, 0.3) is 0 Å². The molecule has 1 aromatic rings. The SMILES string of the molecule is CC1=C(C#N)C(c2cc(C)cc(C)c2)(C(C)C)N2C=CNC2=N1. The van der Waals surface area contributed by atoms with E-state index in [0.29, 0.717) is 0 Å². The molecule has 1 unspecified atom stereocenters. The van der Waals surface area contributed by atoms with E-state index in [2.05, 4.69) is 67.2 Å². The van der Waals surface area contributed by atoms with E-state index in [-0.39, 0.29) is 5.92 Å². The molecule has 1 aromatic carbocycles. The Kier molecular flexibility index (Phi) is 3.52.